The molecule has 16 heavy (non-hydrogen) atoms. The van der Waals surface area contributed by atoms with E-state index in [2.05, 4.69) is 10.1 Å². The molecule has 0 amide bonds. The van der Waals surface area contributed by atoms with E-state index in [0.717, 1.165) is 0 Å². The average molecular weight is 229 g/mol. The van der Waals surface area contributed by atoms with Gasteiger partial charge in [0.25, 0.3) is 0 Å². The van der Waals surface area contributed by atoms with E-state index in [-0.39, 0.29) is 11.8 Å². The number of benzene rings is 1. The quantitative estimate of drug-likeness (QED) is 0.836. The Bertz CT molecular complexity index is 355. The lowest BCUT2D eigenvalue weighted by atomic mass is 10.1. The van der Waals surface area contributed by atoms with E-state index in [9.17, 15) is 8.78 Å². The molecule has 1 saturated heterocycles. The van der Waals surface area contributed by atoms with E-state index in [1.807, 2.05) is 0 Å². The summed E-state index contributed by atoms with van der Waals surface area (Å²) in [5, 5.41) is 3.13. The zero-order valence-corrected chi connectivity index (χ0v) is 8.93. The molecule has 3 nitrogen and oxygen atoms in total. The molecule has 0 saturated carbocycles. The van der Waals surface area contributed by atoms with Crippen molar-refractivity contribution in [3.05, 3.63) is 29.3 Å². The first-order chi connectivity index (χ1) is 7.72. The second kappa shape index (κ2) is 4.76. The fraction of sp³-hybridized carbons (Fsp3) is 0.455. The molecule has 1 aromatic rings. The number of nitrogens with one attached hydrogen (secondary N) is 1. The Labute approximate surface area is 92.4 Å². The fourth-order valence-corrected chi connectivity index (χ4v) is 1.76. The lowest BCUT2D eigenvalue weighted by Crippen LogP contribution is -2.34. The fourth-order valence-electron chi connectivity index (χ4n) is 1.76. The van der Waals surface area contributed by atoms with E-state index in [1.165, 1.54) is 19.2 Å². The van der Waals surface area contributed by atoms with Crippen molar-refractivity contribution in [2.24, 2.45) is 0 Å². The Hall–Kier alpha value is -1.20. The van der Waals surface area contributed by atoms with Gasteiger partial charge in [0.1, 0.15) is 0 Å². The summed E-state index contributed by atoms with van der Waals surface area (Å²) >= 11 is 0. The molecule has 2 rings (SSSR count). The molecule has 0 aromatic heterocycles. The Morgan fingerprint density at radius 3 is 2.56 bits per heavy atom. The van der Waals surface area contributed by atoms with Crippen LogP contribution >= 0.6 is 0 Å². The third-order valence-electron chi connectivity index (χ3n) is 2.55. The highest BCUT2D eigenvalue weighted by Crippen LogP contribution is 2.26. The first-order valence-corrected chi connectivity index (χ1v) is 5.06. The van der Waals surface area contributed by atoms with Gasteiger partial charge in [-0.3, -0.25) is 0 Å². The second-order valence-electron chi connectivity index (χ2n) is 3.60. The minimum absolute atomic E-state index is 0.163. The predicted molar refractivity (Wildman–Crippen MR) is 54.5 cm³/mol. The monoisotopic (exact) mass is 229 g/mol. The maximum atomic E-state index is 13.4. The van der Waals surface area contributed by atoms with E-state index in [0.29, 0.717) is 25.3 Å². The van der Waals surface area contributed by atoms with Crippen LogP contribution in [0.15, 0.2) is 12.1 Å². The molecule has 1 fully saturated rings. The summed E-state index contributed by atoms with van der Waals surface area (Å²) in [7, 11) is 1.24. The van der Waals surface area contributed by atoms with E-state index in [4.69, 9.17) is 4.74 Å². The first kappa shape index (κ1) is 11.3. The molecule has 5 heteroatoms. The zero-order chi connectivity index (χ0) is 11.5. The number of morpholine rings is 1. The van der Waals surface area contributed by atoms with Gasteiger partial charge >= 0.3 is 0 Å². The summed E-state index contributed by atoms with van der Waals surface area (Å²) < 4.78 is 36.7. The maximum absolute atomic E-state index is 13.4. The summed E-state index contributed by atoms with van der Waals surface area (Å²) in [6.45, 7) is 1.72. The summed E-state index contributed by atoms with van der Waals surface area (Å²) in [6, 6.07) is 2.38. The van der Waals surface area contributed by atoms with Crippen molar-refractivity contribution in [1.29, 1.82) is 0 Å². The molecule has 88 valence electrons. The van der Waals surface area contributed by atoms with Crippen LogP contribution in [0.4, 0.5) is 8.78 Å². The summed E-state index contributed by atoms with van der Waals surface area (Å²) in [5.74, 6) is -1.73. The number of rotatable bonds is 2. The van der Waals surface area contributed by atoms with Crippen LogP contribution in [0.25, 0.3) is 0 Å². The molecule has 0 radical (unpaired) electrons. The molecule has 1 aromatic carbocycles. The third kappa shape index (κ3) is 2.15. The number of methoxy groups -OCH3 is 1. The Morgan fingerprint density at radius 2 is 2.06 bits per heavy atom. The van der Waals surface area contributed by atoms with Crippen LogP contribution in [0.3, 0.4) is 0 Å². The van der Waals surface area contributed by atoms with Gasteiger partial charge in [-0.1, -0.05) is 0 Å². The van der Waals surface area contributed by atoms with Gasteiger partial charge in [-0.25, -0.2) is 8.78 Å². The van der Waals surface area contributed by atoms with Crippen molar-refractivity contribution < 1.29 is 18.3 Å². The highest BCUT2D eigenvalue weighted by atomic mass is 19.1. The predicted octanol–water partition coefficient (Wildman–Crippen LogP) is 1.63. The van der Waals surface area contributed by atoms with Gasteiger partial charge in [0, 0.05) is 6.54 Å². The molecular weight excluding hydrogens is 216 g/mol. The molecule has 1 N–H and O–H groups in total. The van der Waals surface area contributed by atoms with Crippen LogP contribution in [-0.2, 0) is 4.74 Å². The lowest BCUT2D eigenvalue weighted by molar-refractivity contribution is 0.0766. The van der Waals surface area contributed by atoms with Crippen molar-refractivity contribution in [3.8, 4) is 5.75 Å². The highest BCUT2D eigenvalue weighted by Gasteiger charge is 2.19. The largest absolute Gasteiger partial charge is 0.491 e. The van der Waals surface area contributed by atoms with Gasteiger partial charge in [0.05, 0.1) is 26.4 Å². The maximum Gasteiger partial charge on any atom is 0.190 e. The topological polar surface area (TPSA) is 30.5 Å². The van der Waals surface area contributed by atoms with E-state index < -0.39 is 11.6 Å². The van der Waals surface area contributed by atoms with Crippen molar-refractivity contribution in [2.75, 3.05) is 26.9 Å². The Morgan fingerprint density at radius 1 is 1.38 bits per heavy atom. The smallest absolute Gasteiger partial charge is 0.190 e. The lowest BCUT2D eigenvalue weighted by Gasteiger charge is -2.24. The molecule has 0 aliphatic carbocycles. The van der Waals surface area contributed by atoms with Gasteiger partial charge in [-0.05, 0) is 17.7 Å². The Balaban J connectivity index is 2.28. The molecule has 1 aliphatic heterocycles. The molecule has 1 aliphatic rings. The number of hydrogen-bond acceptors (Lipinski definition) is 3. The van der Waals surface area contributed by atoms with Crippen molar-refractivity contribution in [3.63, 3.8) is 0 Å². The molecule has 0 spiro atoms. The highest BCUT2D eigenvalue weighted by molar-refractivity contribution is 5.33. The molecular formula is C11H13F2NO2. The summed E-state index contributed by atoms with van der Waals surface area (Å²) in [4.78, 5) is 0. The number of hydrogen-bond donors (Lipinski definition) is 1. The van der Waals surface area contributed by atoms with Gasteiger partial charge in [-0.15, -0.1) is 0 Å². The second-order valence-corrected chi connectivity index (χ2v) is 3.60. The van der Waals surface area contributed by atoms with Gasteiger partial charge in [0.15, 0.2) is 17.4 Å². The number of halogens is 2. The molecule has 1 unspecified atom stereocenters. The summed E-state index contributed by atoms with van der Waals surface area (Å²) in [6.07, 6.45) is 0. The normalized spacial score (nSPS) is 20.8. The van der Waals surface area contributed by atoms with Crippen LogP contribution in [0.5, 0.6) is 5.75 Å². The van der Waals surface area contributed by atoms with Crippen molar-refractivity contribution >= 4 is 0 Å². The zero-order valence-electron chi connectivity index (χ0n) is 8.93. The van der Waals surface area contributed by atoms with E-state index in [1.54, 1.807) is 0 Å². The molecule has 1 heterocycles. The van der Waals surface area contributed by atoms with Crippen LogP contribution in [0.2, 0.25) is 0 Å². The minimum Gasteiger partial charge on any atom is -0.491 e. The average Bonchev–Trinajstić information content (AvgIpc) is 2.30. The minimum atomic E-state index is -0.690. The standard InChI is InChI=1S/C11H13F2NO2/c1-15-11-8(12)4-7(5-9(11)13)10-6-16-3-2-14-10/h4-5,10,14H,2-3,6H2,1H3. The van der Waals surface area contributed by atoms with Crippen molar-refractivity contribution in [1.82, 2.24) is 5.32 Å². The van der Waals surface area contributed by atoms with Crippen LogP contribution in [0.1, 0.15) is 11.6 Å². The molecule has 0 bridgehead atoms. The molecule has 1 atom stereocenters. The van der Waals surface area contributed by atoms with E-state index >= 15 is 0 Å². The third-order valence-corrected chi connectivity index (χ3v) is 2.55. The first-order valence-electron chi connectivity index (χ1n) is 5.06. The van der Waals surface area contributed by atoms with Crippen LogP contribution < -0.4 is 10.1 Å². The van der Waals surface area contributed by atoms with Crippen molar-refractivity contribution in [2.45, 2.75) is 6.04 Å². The summed E-state index contributed by atoms with van der Waals surface area (Å²) in [5.41, 5.74) is 0.538. The van der Waals surface area contributed by atoms with Gasteiger partial charge in [0.2, 0.25) is 0 Å². The van der Waals surface area contributed by atoms with Crippen LogP contribution in [-0.4, -0.2) is 26.9 Å². The Kier molecular flexibility index (Phi) is 3.36. The van der Waals surface area contributed by atoms with Gasteiger partial charge in [-0.2, -0.15) is 0 Å². The van der Waals surface area contributed by atoms with Crippen LogP contribution in [0, 0.1) is 11.6 Å². The SMILES string of the molecule is COc1c(F)cc(C2COCCN2)cc1F. The number of ether oxygens (including phenoxy) is 2. The van der Waals surface area contributed by atoms with Gasteiger partial charge < -0.3 is 14.8 Å².